The summed E-state index contributed by atoms with van der Waals surface area (Å²) in [4.78, 5) is 0. The molecule has 0 amide bonds. The molecular formula is C8H17NO. The molecule has 1 saturated heterocycles. The lowest BCUT2D eigenvalue weighted by Gasteiger charge is -2.20. The number of hydrogen-bond acceptors (Lipinski definition) is 2. The number of ether oxygens (including phenoxy) is 1. The summed E-state index contributed by atoms with van der Waals surface area (Å²) in [5.74, 6) is 0. The van der Waals surface area contributed by atoms with Crippen LogP contribution in [0.15, 0.2) is 0 Å². The maximum atomic E-state index is 6.02. The van der Waals surface area contributed by atoms with E-state index in [0.29, 0.717) is 0 Å². The zero-order valence-electron chi connectivity index (χ0n) is 6.73. The van der Waals surface area contributed by atoms with Crippen molar-refractivity contribution >= 4 is 0 Å². The second kappa shape index (κ2) is 3.35. The Labute approximate surface area is 62.7 Å². The van der Waals surface area contributed by atoms with Crippen molar-refractivity contribution in [2.24, 2.45) is 5.73 Å². The molecule has 0 aromatic carbocycles. The van der Waals surface area contributed by atoms with Crippen LogP contribution in [0.3, 0.4) is 0 Å². The Balaban J connectivity index is 2.22. The van der Waals surface area contributed by atoms with Crippen molar-refractivity contribution in [2.75, 3.05) is 13.2 Å². The molecule has 0 saturated carbocycles. The summed E-state index contributed by atoms with van der Waals surface area (Å²) in [6.07, 6.45) is 4.65. The lowest BCUT2D eigenvalue weighted by atomic mass is 9.93. The summed E-state index contributed by atoms with van der Waals surface area (Å²) in [6.45, 7) is 3.83. The monoisotopic (exact) mass is 143 g/mol. The van der Waals surface area contributed by atoms with Gasteiger partial charge in [-0.05, 0) is 12.8 Å². The van der Waals surface area contributed by atoms with Crippen LogP contribution in [0.1, 0.15) is 32.6 Å². The van der Waals surface area contributed by atoms with Crippen LogP contribution in [-0.2, 0) is 4.74 Å². The van der Waals surface area contributed by atoms with E-state index < -0.39 is 0 Å². The molecule has 1 rings (SSSR count). The third kappa shape index (κ3) is 1.96. The SMILES string of the molecule is CCCCC1(N)CCOC1. The average Bonchev–Trinajstić information content (AvgIpc) is 2.33. The molecule has 0 spiro atoms. The molecule has 0 bridgehead atoms. The van der Waals surface area contributed by atoms with E-state index in [1.54, 1.807) is 0 Å². The van der Waals surface area contributed by atoms with E-state index in [-0.39, 0.29) is 5.54 Å². The first kappa shape index (κ1) is 8.02. The van der Waals surface area contributed by atoms with Gasteiger partial charge in [-0.25, -0.2) is 0 Å². The van der Waals surface area contributed by atoms with Crippen molar-refractivity contribution in [3.05, 3.63) is 0 Å². The highest BCUT2D eigenvalue weighted by Crippen LogP contribution is 2.21. The molecule has 0 radical (unpaired) electrons. The topological polar surface area (TPSA) is 35.2 Å². The van der Waals surface area contributed by atoms with Gasteiger partial charge < -0.3 is 10.5 Å². The first-order valence-electron chi connectivity index (χ1n) is 4.13. The van der Waals surface area contributed by atoms with Crippen LogP contribution >= 0.6 is 0 Å². The maximum Gasteiger partial charge on any atom is 0.0647 e. The van der Waals surface area contributed by atoms with Crippen molar-refractivity contribution in [1.29, 1.82) is 0 Å². The first-order chi connectivity index (χ1) is 4.77. The van der Waals surface area contributed by atoms with Crippen LogP contribution in [0.2, 0.25) is 0 Å². The highest BCUT2D eigenvalue weighted by Gasteiger charge is 2.28. The molecule has 0 aliphatic carbocycles. The molecule has 1 atom stereocenters. The molecule has 1 aliphatic heterocycles. The van der Waals surface area contributed by atoms with Gasteiger partial charge in [-0.2, -0.15) is 0 Å². The molecule has 1 aliphatic rings. The summed E-state index contributed by atoms with van der Waals surface area (Å²) in [6, 6.07) is 0. The van der Waals surface area contributed by atoms with E-state index in [1.165, 1.54) is 12.8 Å². The van der Waals surface area contributed by atoms with Crippen LogP contribution in [-0.4, -0.2) is 18.8 Å². The van der Waals surface area contributed by atoms with Gasteiger partial charge >= 0.3 is 0 Å². The number of unbranched alkanes of at least 4 members (excludes halogenated alkanes) is 1. The number of nitrogens with two attached hydrogens (primary N) is 1. The third-order valence-electron chi connectivity index (χ3n) is 2.16. The standard InChI is InChI=1S/C8H17NO/c1-2-3-4-8(9)5-6-10-7-8/h2-7,9H2,1H3. The van der Waals surface area contributed by atoms with E-state index in [9.17, 15) is 0 Å². The summed E-state index contributed by atoms with van der Waals surface area (Å²) < 4.78 is 5.23. The van der Waals surface area contributed by atoms with Crippen molar-refractivity contribution in [3.63, 3.8) is 0 Å². The molecule has 1 unspecified atom stereocenters. The Hall–Kier alpha value is -0.0800. The molecule has 2 N–H and O–H groups in total. The van der Waals surface area contributed by atoms with Gasteiger partial charge in [0.05, 0.1) is 6.61 Å². The molecule has 1 heterocycles. The zero-order valence-corrected chi connectivity index (χ0v) is 6.73. The number of rotatable bonds is 3. The normalized spacial score (nSPS) is 33.0. The predicted molar refractivity (Wildman–Crippen MR) is 41.9 cm³/mol. The largest absolute Gasteiger partial charge is 0.379 e. The van der Waals surface area contributed by atoms with Gasteiger partial charge in [0.1, 0.15) is 0 Å². The Bertz CT molecular complexity index is 97.4. The molecular weight excluding hydrogens is 126 g/mol. The second-order valence-corrected chi connectivity index (χ2v) is 3.27. The van der Waals surface area contributed by atoms with Crippen molar-refractivity contribution in [2.45, 2.75) is 38.1 Å². The summed E-state index contributed by atoms with van der Waals surface area (Å²) >= 11 is 0. The maximum absolute atomic E-state index is 6.02. The molecule has 0 aromatic heterocycles. The highest BCUT2D eigenvalue weighted by molar-refractivity contribution is 4.87. The van der Waals surface area contributed by atoms with E-state index >= 15 is 0 Å². The quantitative estimate of drug-likeness (QED) is 0.646. The van der Waals surface area contributed by atoms with Gasteiger partial charge in [0.15, 0.2) is 0 Å². The average molecular weight is 143 g/mol. The van der Waals surface area contributed by atoms with E-state index in [1.807, 2.05) is 0 Å². The van der Waals surface area contributed by atoms with Crippen molar-refractivity contribution in [1.82, 2.24) is 0 Å². The Morgan fingerprint density at radius 3 is 2.90 bits per heavy atom. The van der Waals surface area contributed by atoms with Crippen LogP contribution in [0, 0.1) is 0 Å². The van der Waals surface area contributed by atoms with Gasteiger partial charge in [-0.1, -0.05) is 19.8 Å². The second-order valence-electron chi connectivity index (χ2n) is 3.27. The highest BCUT2D eigenvalue weighted by atomic mass is 16.5. The molecule has 10 heavy (non-hydrogen) atoms. The van der Waals surface area contributed by atoms with E-state index in [4.69, 9.17) is 10.5 Å². The third-order valence-corrected chi connectivity index (χ3v) is 2.16. The summed E-state index contributed by atoms with van der Waals surface area (Å²) in [5.41, 5.74) is 6.04. The van der Waals surface area contributed by atoms with Crippen LogP contribution in [0.4, 0.5) is 0 Å². The Morgan fingerprint density at radius 1 is 1.60 bits per heavy atom. The minimum atomic E-state index is 0.0238. The van der Waals surface area contributed by atoms with Gasteiger partial charge in [-0.3, -0.25) is 0 Å². The molecule has 2 nitrogen and oxygen atoms in total. The van der Waals surface area contributed by atoms with E-state index in [2.05, 4.69) is 6.92 Å². The number of hydrogen-bond donors (Lipinski definition) is 1. The lowest BCUT2D eigenvalue weighted by Crippen LogP contribution is -2.39. The van der Waals surface area contributed by atoms with Crippen LogP contribution < -0.4 is 5.73 Å². The molecule has 1 fully saturated rings. The van der Waals surface area contributed by atoms with E-state index in [0.717, 1.165) is 26.1 Å². The zero-order chi connectivity index (χ0) is 7.45. The minimum absolute atomic E-state index is 0.0238. The smallest absolute Gasteiger partial charge is 0.0647 e. The fourth-order valence-corrected chi connectivity index (χ4v) is 1.35. The fourth-order valence-electron chi connectivity index (χ4n) is 1.35. The predicted octanol–water partition coefficient (Wildman–Crippen LogP) is 1.29. The Morgan fingerprint density at radius 2 is 2.40 bits per heavy atom. The van der Waals surface area contributed by atoms with Crippen molar-refractivity contribution in [3.8, 4) is 0 Å². The van der Waals surface area contributed by atoms with Gasteiger partial charge in [0.25, 0.3) is 0 Å². The fraction of sp³-hybridized carbons (Fsp3) is 1.00. The van der Waals surface area contributed by atoms with Gasteiger partial charge in [0.2, 0.25) is 0 Å². The summed E-state index contributed by atoms with van der Waals surface area (Å²) in [7, 11) is 0. The van der Waals surface area contributed by atoms with Gasteiger partial charge in [0, 0.05) is 12.1 Å². The first-order valence-corrected chi connectivity index (χ1v) is 4.13. The summed E-state index contributed by atoms with van der Waals surface area (Å²) in [5, 5.41) is 0. The molecule has 0 aromatic rings. The Kier molecular flexibility index (Phi) is 2.69. The van der Waals surface area contributed by atoms with Crippen LogP contribution in [0.5, 0.6) is 0 Å². The molecule has 2 heteroatoms. The van der Waals surface area contributed by atoms with Crippen LogP contribution in [0.25, 0.3) is 0 Å². The minimum Gasteiger partial charge on any atom is -0.379 e. The van der Waals surface area contributed by atoms with Crippen molar-refractivity contribution < 1.29 is 4.74 Å². The lowest BCUT2D eigenvalue weighted by molar-refractivity contribution is 0.175. The van der Waals surface area contributed by atoms with Gasteiger partial charge in [-0.15, -0.1) is 0 Å². The molecule has 60 valence electrons.